The molecule has 0 bridgehead atoms. The van der Waals surface area contributed by atoms with E-state index in [1.807, 2.05) is 0 Å². The third kappa shape index (κ3) is 4.40. The number of halogens is 3. The summed E-state index contributed by atoms with van der Waals surface area (Å²) in [5.74, 6) is 0. The Labute approximate surface area is 129 Å². The maximum atomic E-state index is 12.6. The lowest BCUT2D eigenvalue weighted by molar-refractivity contribution is -0.384. The number of aliphatic hydroxyl groups excluding tert-OH is 1. The average molecular weight is 323 g/mol. The number of alkyl halides is 3. The molecule has 0 fully saturated rings. The standard InChI is InChI=1S/C16H12F3NO3/c17-16(18,19)13-5-2-4-12(10-13)15(21)8-7-11-3-1-6-14(9-11)20(22)23/h1-10,15,21H/b8-7+. The van der Waals surface area contributed by atoms with Crippen molar-refractivity contribution in [2.24, 2.45) is 0 Å². The zero-order valence-corrected chi connectivity index (χ0v) is 11.7. The number of non-ortho nitro benzene ring substituents is 1. The first-order valence-corrected chi connectivity index (χ1v) is 6.55. The SMILES string of the molecule is O=[N+]([O-])c1cccc(/C=C/C(O)c2cccc(C(F)(F)F)c2)c1. The summed E-state index contributed by atoms with van der Waals surface area (Å²) in [5, 5.41) is 20.6. The van der Waals surface area contributed by atoms with Crippen molar-refractivity contribution in [3.8, 4) is 0 Å². The molecule has 0 radical (unpaired) electrons. The van der Waals surface area contributed by atoms with Crippen LogP contribution in [0.15, 0.2) is 54.6 Å². The van der Waals surface area contributed by atoms with E-state index in [1.54, 1.807) is 6.07 Å². The van der Waals surface area contributed by atoms with Gasteiger partial charge >= 0.3 is 6.18 Å². The highest BCUT2D eigenvalue weighted by atomic mass is 19.4. The molecule has 23 heavy (non-hydrogen) atoms. The minimum atomic E-state index is -4.49. The van der Waals surface area contributed by atoms with Crippen LogP contribution in [0.25, 0.3) is 6.08 Å². The van der Waals surface area contributed by atoms with Crippen LogP contribution in [0.4, 0.5) is 18.9 Å². The maximum absolute atomic E-state index is 12.6. The van der Waals surface area contributed by atoms with E-state index < -0.39 is 22.8 Å². The van der Waals surface area contributed by atoms with E-state index in [0.29, 0.717) is 5.56 Å². The number of hydrogen-bond donors (Lipinski definition) is 1. The minimum Gasteiger partial charge on any atom is -0.384 e. The smallest absolute Gasteiger partial charge is 0.384 e. The van der Waals surface area contributed by atoms with Gasteiger partial charge in [0.1, 0.15) is 0 Å². The summed E-state index contributed by atoms with van der Waals surface area (Å²) in [7, 11) is 0. The largest absolute Gasteiger partial charge is 0.416 e. The second kappa shape index (κ2) is 6.62. The van der Waals surface area contributed by atoms with Crippen molar-refractivity contribution >= 4 is 11.8 Å². The molecule has 0 heterocycles. The molecule has 2 aromatic carbocycles. The normalized spacial score (nSPS) is 13.2. The molecule has 0 saturated heterocycles. The Morgan fingerprint density at radius 2 is 1.83 bits per heavy atom. The van der Waals surface area contributed by atoms with Gasteiger partial charge in [-0.1, -0.05) is 36.4 Å². The molecule has 0 aliphatic carbocycles. The third-order valence-corrected chi connectivity index (χ3v) is 3.11. The lowest BCUT2D eigenvalue weighted by Crippen LogP contribution is -2.06. The number of benzene rings is 2. The molecule has 4 nitrogen and oxygen atoms in total. The summed E-state index contributed by atoms with van der Waals surface area (Å²) >= 11 is 0. The topological polar surface area (TPSA) is 63.4 Å². The number of rotatable bonds is 4. The van der Waals surface area contributed by atoms with Crippen LogP contribution < -0.4 is 0 Å². The first kappa shape index (κ1) is 16.7. The molecule has 7 heteroatoms. The van der Waals surface area contributed by atoms with Crippen LogP contribution in [0.2, 0.25) is 0 Å². The second-order valence-electron chi connectivity index (χ2n) is 4.78. The fourth-order valence-electron chi connectivity index (χ4n) is 1.95. The van der Waals surface area contributed by atoms with Crippen molar-refractivity contribution in [1.29, 1.82) is 0 Å². The zero-order chi connectivity index (χ0) is 17.0. The van der Waals surface area contributed by atoms with E-state index in [1.165, 1.54) is 42.5 Å². The molecule has 1 unspecified atom stereocenters. The predicted molar refractivity (Wildman–Crippen MR) is 78.5 cm³/mol. The molecular weight excluding hydrogens is 311 g/mol. The highest BCUT2D eigenvalue weighted by Crippen LogP contribution is 2.31. The van der Waals surface area contributed by atoms with Crippen molar-refractivity contribution in [3.05, 3.63) is 81.4 Å². The molecule has 0 aromatic heterocycles. The first-order chi connectivity index (χ1) is 10.8. The summed E-state index contributed by atoms with van der Waals surface area (Å²) in [6.45, 7) is 0. The van der Waals surface area contributed by atoms with Crippen LogP contribution in [0, 0.1) is 10.1 Å². The fourth-order valence-corrected chi connectivity index (χ4v) is 1.95. The molecule has 1 N–H and O–H groups in total. The Morgan fingerprint density at radius 1 is 1.13 bits per heavy atom. The van der Waals surface area contributed by atoms with Gasteiger partial charge in [-0.3, -0.25) is 10.1 Å². The molecule has 0 aliphatic heterocycles. The number of nitrogens with zero attached hydrogens (tertiary/aromatic N) is 1. The molecule has 0 aliphatic rings. The van der Waals surface area contributed by atoms with Gasteiger partial charge in [-0.15, -0.1) is 0 Å². The predicted octanol–water partition coefficient (Wildman–Crippen LogP) is 4.36. The van der Waals surface area contributed by atoms with E-state index in [9.17, 15) is 28.4 Å². The van der Waals surface area contributed by atoms with E-state index >= 15 is 0 Å². The van der Waals surface area contributed by atoms with Gasteiger partial charge in [0.2, 0.25) is 0 Å². The van der Waals surface area contributed by atoms with Gasteiger partial charge in [-0.05, 0) is 23.3 Å². The van der Waals surface area contributed by atoms with E-state index in [4.69, 9.17) is 0 Å². The van der Waals surface area contributed by atoms with Crippen molar-refractivity contribution in [1.82, 2.24) is 0 Å². The van der Waals surface area contributed by atoms with Crippen molar-refractivity contribution in [2.45, 2.75) is 12.3 Å². The Kier molecular flexibility index (Phi) is 4.80. The summed E-state index contributed by atoms with van der Waals surface area (Å²) in [6.07, 6.45) is -3.05. The fraction of sp³-hybridized carbons (Fsp3) is 0.125. The Morgan fingerprint density at radius 3 is 2.48 bits per heavy atom. The number of nitro benzene ring substituents is 1. The summed E-state index contributed by atoms with van der Waals surface area (Å²) in [6, 6.07) is 10.1. The number of aliphatic hydroxyl groups is 1. The van der Waals surface area contributed by atoms with Gasteiger partial charge in [-0.2, -0.15) is 13.2 Å². The molecule has 0 saturated carbocycles. The Bertz CT molecular complexity index is 741. The Balaban J connectivity index is 2.20. The highest BCUT2D eigenvalue weighted by molar-refractivity contribution is 5.54. The summed E-state index contributed by atoms with van der Waals surface area (Å²) in [4.78, 5) is 10.1. The lowest BCUT2D eigenvalue weighted by Gasteiger charge is -2.10. The molecule has 1 atom stereocenters. The quantitative estimate of drug-likeness (QED) is 0.671. The summed E-state index contributed by atoms with van der Waals surface area (Å²) < 4.78 is 37.9. The van der Waals surface area contributed by atoms with Gasteiger partial charge in [0.25, 0.3) is 5.69 Å². The van der Waals surface area contributed by atoms with Crippen LogP contribution in [0.5, 0.6) is 0 Å². The van der Waals surface area contributed by atoms with Gasteiger partial charge in [0.05, 0.1) is 16.6 Å². The molecular formula is C16H12F3NO3. The Hall–Kier alpha value is -2.67. The molecule has 2 aromatic rings. The average Bonchev–Trinajstić information content (AvgIpc) is 2.52. The third-order valence-electron chi connectivity index (χ3n) is 3.11. The maximum Gasteiger partial charge on any atom is 0.416 e. The monoisotopic (exact) mass is 323 g/mol. The van der Waals surface area contributed by atoms with Crippen LogP contribution in [0.1, 0.15) is 22.8 Å². The molecule has 0 amide bonds. The molecule has 2 rings (SSSR count). The van der Waals surface area contributed by atoms with E-state index in [2.05, 4.69) is 0 Å². The van der Waals surface area contributed by atoms with Gasteiger partial charge in [-0.25, -0.2) is 0 Å². The van der Waals surface area contributed by atoms with E-state index in [0.717, 1.165) is 12.1 Å². The van der Waals surface area contributed by atoms with Crippen LogP contribution in [0.3, 0.4) is 0 Å². The lowest BCUT2D eigenvalue weighted by atomic mass is 10.0. The highest BCUT2D eigenvalue weighted by Gasteiger charge is 2.30. The van der Waals surface area contributed by atoms with Gasteiger partial charge < -0.3 is 5.11 Å². The second-order valence-corrected chi connectivity index (χ2v) is 4.78. The van der Waals surface area contributed by atoms with Crippen LogP contribution in [-0.4, -0.2) is 10.0 Å². The van der Waals surface area contributed by atoms with Crippen LogP contribution in [-0.2, 0) is 6.18 Å². The number of hydrogen-bond acceptors (Lipinski definition) is 3. The molecule has 120 valence electrons. The van der Waals surface area contributed by atoms with Crippen molar-refractivity contribution in [2.75, 3.05) is 0 Å². The van der Waals surface area contributed by atoms with Gasteiger partial charge in [0.15, 0.2) is 0 Å². The van der Waals surface area contributed by atoms with Crippen molar-refractivity contribution < 1.29 is 23.2 Å². The zero-order valence-electron chi connectivity index (χ0n) is 11.7. The number of nitro groups is 1. The summed E-state index contributed by atoms with van der Waals surface area (Å²) in [5.41, 5.74) is -0.412. The van der Waals surface area contributed by atoms with E-state index in [-0.39, 0.29) is 11.3 Å². The van der Waals surface area contributed by atoms with Gasteiger partial charge in [0, 0.05) is 12.1 Å². The first-order valence-electron chi connectivity index (χ1n) is 6.55. The minimum absolute atomic E-state index is 0.0847. The van der Waals surface area contributed by atoms with Crippen molar-refractivity contribution in [3.63, 3.8) is 0 Å². The molecule has 0 spiro atoms. The van der Waals surface area contributed by atoms with Crippen LogP contribution >= 0.6 is 0 Å².